The average molecular weight is 279 g/mol. The maximum Gasteiger partial charge on any atom is 0.209 e. The topological polar surface area (TPSA) is 84.0 Å². The number of nitrogens with one attached hydrogen (secondary N) is 2. The normalized spacial score (nSPS) is 12.5. The average Bonchev–Trinajstić information content (AvgIpc) is 2.13. The predicted octanol–water partition coefficient (Wildman–Crippen LogP) is 0.870. The molecule has 1 aromatic heterocycles. The highest BCUT2D eigenvalue weighted by atomic mass is 35.5. The van der Waals surface area contributed by atoms with Crippen LogP contribution in [0.1, 0.15) is 13.8 Å². The van der Waals surface area contributed by atoms with Crippen LogP contribution in [0.25, 0.3) is 0 Å². The number of nitrogens with zero attached hydrogens (tertiary/aromatic N) is 2. The fourth-order valence-electron chi connectivity index (χ4n) is 1.26. The lowest BCUT2D eigenvalue weighted by Gasteiger charge is -2.25. The van der Waals surface area contributed by atoms with E-state index in [1.807, 2.05) is 0 Å². The van der Waals surface area contributed by atoms with Gasteiger partial charge in [-0.1, -0.05) is 11.6 Å². The van der Waals surface area contributed by atoms with Crippen molar-refractivity contribution in [1.82, 2.24) is 14.9 Å². The Morgan fingerprint density at radius 2 is 2.00 bits per heavy atom. The van der Waals surface area contributed by atoms with Gasteiger partial charge in [-0.05, 0) is 26.0 Å². The maximum atomic E-state index is 11.1. The second-order valence-electron chi connectivity index (χ2n) is 4.35. The number of sulfonamides is 1. The minimum atomic E-state index is -3.24. The molecule has 8 heteroatoms. The Balaban J connectivity index is 2.58. The molecule has 1 rings (SSSR count). The van der Waals surface area contributed by atoms with Gasteiger partial charge in [-0.3, -0.25) is 0 Å². The van der Waals surface area contributed by atoms with Crippen molar-refractivity contribution in [3.05, 3.63) is 17.3 Å². The van der Waals surface area contributed by atoms with E-state index in [1.54, 1.807) is 26.0 Å². The summed E-state index contributed by atoms with van der Waals surface area (Å²) in [6, 6.07) is 3.28. The molecule has 1 heterocycles. The molecule has 6 nitrogen and oxygen atoms in total. The van der Waals surface area contributed by atoms with Crippen LogP contribution < -0.4 is 10.0 Å². The van der Waals surface area contributed by atoms with E-state index >= 15 is 0 Å². The van der Waals surface area contributed by atoms with Gasteiger partial charge in [-0.25, -0.2) is 13.1 Å². The smallest absolute Gasteiger partial charge is 0.209 e. The van der Waals surface area contributed by atoms with E-state index in [4.69, 9.17) is 11.6 Å². The third-order valence-electron chi connectivity index (χ3n) is 1.81. The standard InChI is InChI=1S/C9H15ClN4O2S/c1-9(2,14-17(3,15)16)6-11-8-5-4-7(10)12-13-8/h4-5,14H,6H2,1-3H3,(H,11,13). The highest BCUT2D eigenvalue weighted by Crippen LogP contribution is 2.09. The summed E-state index contributed by atoms with van der Waals surface area (Å²) >= 11 is 5.60. The first-order valence-electron chi connectivity index (χ1n) is 4.90. The molecule has 0 aliphatic rings. The Kier molecular flexibility index (Phi) is 4.29. The molecule has 0 amide bonds. The first kappa shape index (κ1) is 14.1. The third-order valence-corrected chi connectivity index (χ3v) is 2.93. The van der Waals surface area contributed by atoms with Crippen LogP contribution in [0.4, 0.5) is 5.82 Å². The van der Waals surface area contributed by atoms with Crippen LogP contribution in [0.3, 0.4) is 0 Å². The van der Waals surface area contributed by atoms with E-state index in [1.165, 1.54) is 0 Å². The van der Waals surface area contributed by atoms with Gasteiger partial charge in [0, 0.05) is 12.1 Å². The minimum Gasteiger partial charge on any atom is -0.367 e. The molecular weight excluding hydrogens is 264 g/mol. The molecule has 0 saturated carbocycles. The predicted molar refractivity (Wildman–Crippen MR) is 67.6 cm³/mol. The van der Waals surface area contributed by atoms with Crippen molar-refractivity contribution in [2.24, 2.45) is 0 Å². The molecule has 0 unspecified atom stereocenters. The number of rotatable bonds is 5. The van der Waals surface area contributed by atoms with Gasteiger partial charge in [0.1, 0.15) is 5.82 Å². The molecule has 1 aromatic rings. The summed E-state index contributed by atoms with van der Waals surface area (Å²) in [6.45, 7) is 3.92. The van der Waals surface area contributed by atoms with Crippen molar-refractivity contribution in [1.29, 1.82) is 0 Å². The zero-order valence-corrected chi connectivity index (χ0v) is 11.4. The van der Waals surface area contributed by atoms with Crippen molar-refractivity contribution in [3.8, 4) is 0 Å². The maximum absolute atomic E-state index is 11.1. The Labute approximate surface area is 106 Å². The lowest BCUT2D eigenvalue weighted by atomic mass is 10.1. The van der Waals surface area contributed by atoms with Crippen LogP contribution in [-0.2, 0) is 10.0 Å². The van der Waals surface area contributed by atoms with Gasteiger partial charge in [-0.2, -0.15) is 0 Å². The van der Waals surface area contributed by atoms with Crippen LogP contribution in [0.5, 0.6) is 0 Å². The molecule has 2 N–H and O–H groups in total. The summed E-state index contributed by atoms with van der Waals surface area (Å²) in [4.78, 5) is 0. The zero-order valence-electron chi connectivity index (χ0n) is 9.86. The number of halogens is 1. The van der Waals surface area contributed by atoms with E-state index in [2.05, 4.69) is 20.2 Å². The molecule has 0 fully saturated rings. The number of aromatic nitrogens is 2. The Morgan fingerprint density at radius 1 is 1.35 bits per heavy atom. The number of hydrogen-bond donors (Lipinski definition) is 2. The largest absolute Gasteiger partial charge is 0.367 e. The van der Waals surface area contributed by atoms with E-state index < -0.39 is 15.6 Å². The summed E-state index contributed by atoms with van der Waals surface area (Å²) in [5.41, 5.74) is -0.616. The number of hydrogen-bond acceptors (Lipinski definition) is 5. The Bertz CT molecular complexity index is 472. The van der Waals surface area contributed by atoms with Crippen LogP contribution in [0.15, 0.2) is 12.1 Å². The van der Waals surface area contributed by atoms with Crippen LogP contribution in [0.2, 0.25) is 5.15 Å². The monoisotopic (exact) mass is 278 g/mol. The molecule has 17 heavy (non-hydrogen) atoms. The molecule has 0 atom stereocenters. The van der Waals surface area contributed by atoms with Crippen molar-refractivity contribution in [3.63, 3.8) is 0 Å². The third kappa shape index (κ3) is 5.81. The van der Waals surface area contributed by atoms with E-state index in [-0.39, 0.29) is 0 Å². The summed E-state index contributed by atoms with van der Waals surface area (Å²) in [5, 5.41) is 10.8. The van der Waals surface area contributed by atoms with Crippen molar-refractivity contribution < 1.29 is 8.42 Å². The van der Waals surface area contributed by atoms with Gasteiger partial charge in [0.25, 0.3) is 0 Å². The van der Waals surface area contributed by atoms with E-state index in [0.29, 0.717) is 17.5 Å². The van der Waals surface area contributed by atoms with Crippen LogP contribution >= 0.6 is 11.6 Å². The number of anilines is 1. The minimum absolute atomic E-state index is 0.309. The molecule has 0 aliphatic carbocycles. The highest BCUT2D eigenvalue weighted by molar-refractivity contribution is 7.88. The Morgan fingerprint density at radius 3 is 2.47 bits per heavy atom. The van der Waals surface area contributed by atoms with E-state index in [9.17, 15) is 8.42 Å². The van der Waals surface area contributed by atoms with Gasteiger partial charge < -0.3 is 5.32 Å². The fourth-order valence-corrected chi connectivity index (χ4v) is 2.44. The molecular formula is C9H15ClN4O2S. The first-order valence-corrected chi connectivity index (χ1v) is 7.17. The molecule has 0 aromatic carbocycles. The van der Waals surface area contributed by atoms with Crippen molar-refractivity contribution >= 4 is 27.4 Å². The second-order valence-corrected chi connectivity index (χ2v) is 6.49. The van der Waals surface area contributed by atoms with Gasteiger partial charge in [0.05, 0.1) is 6.26 Å². The summed E-state index contributed by atoms with van der Waals surface area (Å²) < 4.78 is 24.7. The lowest BCUT2D eigenvalue weighted by Crippen LogP contribution is -2.47. The first-order chi connectivity index (χ1) is 7.68. The molecule has 96 valence electrons. The fraction of sp³-hybridized carbons (Fsp3) is 0.556. The van der Waals surface area contributed by atoms with Crippen molar-refractivity contribution in [2.45, 2.75) is 19.4 Å². The van der Waals surface area contributed by atoms with Gasteiger partial charge in [0.15, 0.2) is 5.15 Å². The molecule has 0 spiro atoms. The van der Waals surface area contributed by atoms with Gasteiger partial charge >= 0.3 is 0 Å². The van der Waals surface area contributed by atoms with Gasteiger partial charge in [-0.15, -0.1) is 10.2 Å². The van der Waals surface area contributed by atoms with Crippen LogP contribution in [0, 0.1) is 0 Å². The molecule has 0 bridgehead atoms. The lowest BCUT2D eigenvalue weighted by molar-refractivity contribution is 0.475. The highest BCUT2D eigenvalue weighted by Gasteiger charge is 2.21. The van der Waals surface area contributed by atoms with Crippen molar-refractivity contribution in [2.75, 3.05) is 18.1 Å². The second kappa shape index (κ2) is 5.16. The zero-order chi connectivity index (χ0) is 13.1. The molecule has 0 radical (unpaired) electrons. The quantitative estimate of drug-likeness (QED) is 0.835. The summed E-state index contributed by atoms with van der Waals surface area (Å²) in [5.74, 6) is 0.540. The summed E-state index contributed by atoms with van der Waals surface area (Å²) in [6.07, 6.45) is 1.12. The SMILES string of the molecule is CC(C)(CNc1ccc(Cl)nn1)NS(C)(=O)=O. The van der Waals surface area contributed by atoms with Crippen LogP contribution in [-0.4, -0.2) is 37.0 Å². The Hall–Kier alpha value is -0.920. The van der Waals surface area contributed by atoms with E-state index in [0.717, 1.165) is 6.26 Å². The summed E-state index contributed by atoms with van der Waals surface area (Å²) in [7, 11) is -3.24. The van der Waals surface area contributed by atoms with Gasteiger partial charge in [0.2, 0.25) is 10.0 Å². The molecule has 0 saturated heterocycles. The molecule has 0 aliphatic heterocycles.